The van der Waals surface area contributed by atoms with E-state index in [1.54, 1.807) is 22.5 Å². The van der Waals surface area contributed by atoms with E-state index in [1.807, 2.05) is 31.2 Å². The van der Waals surface area contributed by atoms with E-state index in [0.29, 0.717) is 18.8 Å². The molecule has 2 aliphatic heterocycles. The number of fused-ring (bicyclic) bond motifs is 1. The van der Waals surface area contributed by atoms with Gasteiger partial charge in [0, 0.05) is 43.8 Å². The zero-order valence-electron chi connectivity index (χ0n) is 20.1. The Morgan fingerprint density at radius 3 is 2.49 bits per heavy atom. The zero-order valence-corrected chi connectivity index (χ0v) is 20.9. The quantitative estimate of drug-likeness (QED) is 0.564. The molecular weight excluding hydrogens is 460 g/mol. The van der Waals surface area contributed by atoms with E-state index >= 15 is 0 Å². The Balaban J connectivity index is 1.35. The lowest BCUT2D eigenvalue weighted by Gasteiger charge is -2.37. The average molecular weight is 493 g/mol. The average Bonchev–Trinajstić information content (AvgIpc) is 3.35. The molecule has 2 aliphatic rings. The lowest BCUT2D eigenvalue weighted by atomic mass is 10.00. The van der Waals surface area contributed by atoms with E-state index in [4.69, 9.17) is 0 Å². The third-order valence-electron chi connectivity index (χ3n) is 7.04. The van der Waals surface area contributed by atoms with E-state index in [9.17, 15) is 13.2 Å². The fraction of sp³-hybridized carbons (Fsp3) is 0.370. The normalized spacial score (nSPS) is 19.3. The molecule has 3 heterocycles. The molecule has 1 fully saturated rings. The summed E-state index contributed by atoms with van der Waals surface area (Å²) >= 11 is 0. The molecule has 35 heavy (non-hydrogen) atoms. The van der Waals surface area contributed by atoms with Crippen LogP contribution in [0.5, 0.6) is 0 Å². The minimum absolute atomic E-state index is 0.0161. The molecule has 0 radical (unpaired) electrons. The number of amides is 1. The molecule has 1 atom stereocenters. The van der Waals surface area contributed by atoms with Crippen molar-refractivity contribution in [1.82, 2.24) is 13.8 Å². The summed E-state index contributed by atoms with van der Waals surface area (Å²) < 4.78 is 30.1. The number of piperidine rings is 1. The molecule has 0 saturated carbocycles. The number of anilines is 1. The van der Waals surface area contributed by atoms with Gasteiger partial charge in [0.05, 0.1) is 17.5 Å². The number of aromatic nitrogens is 1. The number of carbonyl (C=O) groups excluding carboxylic acids is 1. The molecule has 2 aromatic carbocycles. The first-order chi connectivity index (χ1) is 16.9. The van der Waals surface area contributed by atoms with Gasteiger partial charge < -0.3 is 9.88 Å². The van der Waals surface area contributed by atoms with Gasteiger partial charge in [-0.25, -0.2) is 8.42 Å². The minimum atomic E-state index is -3.57. The van der Waals surface area contributed by atoms with E-state index in [-0.39, 0.29) is 23.4 Å². The van der Waals surface area contributed by atoms with Gasteiger partial charge in [0.2, 0.25) is 15.9 Å². The maximum absolute atomic E-state index is 13.2. The van der Waals surface area contributed by atoms with Crippen LogP contribution in [0.2, 0.25) is 0 Å². The summed E-state index contributed by atoms with van der Waals surface area (Å²) in [5, 5.41) is 2.99. The molecular formula is C27H32N4O3S. The Kier molecular flexibility index (Phi) is 6.77. The first-order valence-corrected chi connectivity index (χ1v) is 13.7. The Morgan fingerprint density at radius 1 is 0.943 bits per heavy atom. The number of rotatable bonds is 6. The summed E-state index contributed by atoms with van der Waals surface area (Å²) in [5.74, 6) is -0.151. The van der Waals surface area contributed by atoms with Gasteiger partial charge in [0.25, 0.3) is 0 Å². The summed E-state index contributed by atoms with van der Waals surface area (Å²) in [6, 6.07) is 19.4. The van der Waals surface area contributed by atoms with Gasteiger partial charge in [-0.1, -0.05) is 42.8 Å². The maximum Gasteiger partial charge on any atom is 0.243 e. The molecule has 1 unspecified atom stereocenters. The predicted octanol–water partition coefficient (Wildman–Crippen LogP) is 4.01. The fourth-order valence-electron chi connectivity index (χ4n) is 5.14. The fourth-order valence-corrected chi connectivity index (χ4v) is 6.69. The predicted molar refractivity (Wildman–Crippen MR) is 137 cm³/mol. The van der Waals surface area contributed by atoms with Crippen LogP contribution in [0.1, 0.15) is 42.1 Å². The lowest BCUT2D eigenvalue weighted by molar-refractivity contribution is -0.117. The summed E-state index contributed by atoms with van der Waals surface area (Å²) in [5.41, 5.74) is 3.69. The van der Waals surface area contributed by atoms with E-state index < -0.39 is 10.0 Å². The van der Waals surface area contributed by atoms with Gasteiger partial charge in [-0.15, -0.1) is 0 Å². The van der Waals surface area contributed by atoms with E-state index in [1.165, 1.54) is 5.69 Å². The number of hydrogen-bond acceptors (Lipinski definition) is 4. The molecule has 3 aromatic rings. The number of nitrogens with one attached hydrogen (secondary N) is 1. The van der Waals surface area contributed by atoms with Crippen molar-refractivity contribution in [3.8, 4) is 0 Å². The van der Waals surface area contributed by atoms with Crippen molar-refractivity contribution in [3.05, 3.63) is 83.7 Å². The molecule has 1 N–H and O–H groups in total. The second kappa shape index (κ2) is 9.97. The second-order valence-corrected chi connectivity index (χ2v) is 11.3. The molecule has 184 valence electrons. The van der Waals surface area contributed by atoms with Crippen LogP contribution in [0.4, 0.5) is 5.69 Å². The van der Waals surface area contributed by atoms with Crippen LogP contribution in [0.25, 0.3) is 0 Å². The summed E-state index contributed by atoms with van der Waals surface area (Å²) in [7, 11) is -3.57. The monoisotopic (exact) mass is 492 g/mol. The zero-order chi connectivity index (χ0) is 24.4. The number of sulfonamides is 1. The number of nitrogens with zero attached hydrogens (tertiary/aromatic N) is 3. The Hall–Kier alpha value is -2.94. The van der Waals surface area contributed by atoms with E-state index in [0.717, 1.165) is 43.5 Å². The van der Waals surface area contributed by atoms with Crippen LogP contribution in [0.3, 0.4) is 0 Å². The number of benzene rings is 2. The van der Waals surface area contributed by atoms with Gasteiger partial charge in [0.15, 0.2) is 0 Å². The van der Waals surface area contributed by atoms with Crippen LogP contribution in [0, 0.1) is 6.92 Å². The highest BCUT2D eigenvalue weighted by molar-refractivity contribution is 7.89. The van der Waals surface area contributed by atoms with Gasteiger partial charge in [-0.05, 0) is 55.2 Å². The van der Waals surface area contributed by atoms with Crippen molar-refractivity contribution >= 4 is 21.6 Å². The van der Waals surface area contributed by atoms with Crippen LogP contribution in [0.15, 0.2) is 71.8 Å². The summed E-state index contributed by atoms with van der Waals surface area (Å²) in [6.07, 6.45) is 4.92. The Labute approximate surface area is 207 Å². The highest BCUT2D eigenvalue weighted by Crippen LogP contribution is 2.32. The third kappa shape index (κ3) is 4.91. The summed E-state index contributed by atoms with van der Waals surface area (Å²) in [4.78, 5) is 15.6. The molecule has 1 amide bonds. The lowest BCUT2D eigenvalue weighted by Crippen LogP contribution is -2.42. The highest BCUT2D eigenvalue weighted by atomic mass is 32.2. The number of hydrogen-bond donors (Lipinski definition) is 1. The highest BCUT2D eigenvalue weighted by Gasteiger charge is 2.30. The molecule has 0 bridgehead atoms. The minimum Gasteiger partial charge on any atom is -0.348 e. The van der Waals surface area contributed by atoms with Crippen molar-refractivity contribution in [1.29, 1.82) is 0 Å². The topological polar surface area (TPSA) is 74.7 Å². The first-order valence-electron chi connectivity index (χ1n) is 12.3. The number of aryl methyl sites for hydroxylation is 1. The van der Waals surface area contributed by atoms with Crippen molar-refractivity contribution < 1.29 is 13.2 Å². The molecule has 0 aliphatic carbocycles. The van der Waals surface area contributed by atoms with Crippen molar-refractivity contribution in [2.45, 2.75) is 43.7 Å². The van der Waals surface area contributed by atoms with Gasteiger partial charge in [-0.2, -0.15) is 4.31 Å². The first kappa shape index (κ1) is 23.8. The third-order valence-corrected chi connectivity index (χ3v) is 8.93. The SMILES string of the molecule is Cc1ccc(S(=O)(=O)N2CCCCC2)cc1NC(=O)CN1CCn2cccc2C1c1ccccc1. The Morgan fingerprint density at radius 2 is 1.71 bits per heavy atom. The smallest absolute Gasteiger partial charge is 0.243 e. The molecule has 0 spiro atoms. The van der Waals surface area contributed by atoms with Crippen LogP contribution < -0.4 is 5.32 Å². The molecule has 1 aromatic heterocycles. The van der Waals surface area contributed by atoms with Crippen LogP contribution in [-0.2, 0) is 21.4 Å². The van der Waals surface area contributed by atoms with Crippen LogP contribution in [-0.4, -0.2) is 54.3 Å². The van der Waals surface area contributed by atoms with Gasteiger partial charge >= 0.3 is 0 Å². The van der Waals surface area contributed by atoms with Gasteiger partial charge in [-0.3, -0.25) is 9.69 Å². The van der Waals surface area contributed by atoms with Gasteiger partial charge in [0.1, 0.15) is 0 Å². The molecule has 8 heteroatoms. The summed E-state index contributed by atoms with van der Waals surface area (Å²) in [6.45, 7) is 4.77. The molecule has 1 saturated heterocycles. The standard InChI is InChI=1S/C27H32N4O3S/c1-21-12-13-23(35(33,34)31-15-6-3-7-16-31)19-24(21)28-26(32)20-30-18-17-29-14-8-11-25(29)27(30)22-9-4-2-5-10-22/h2,4-5,8-14,19,27H,3,6-7,15-18,20H2,1H3,(H,28,32). The maximum atomic E-state index is 13.2. The van der Waals surface area contributed by atoms with Crippen molar-refractivity contribution in [2.24, 2.45) is 0 Å². The van der Waals surface area contributed by atoms with E-state index in [2.05, 4.69) is 39.2 Å². The largest absolute Gasteiger partial charge is 0.348 e. The molecule has 7 nitrogen and oxygen atoms in total. The van der Waals surface area contributed by atoms with Crippen molar-refractivity contribution in [3.63, 3.8) is 0 Å². The van der Waals surface area contributed by atoms with Crippen LogP contribution >= 0.6 is 0 Å². The Bertz CT molecular complexity index is 1300. The second-order valence-electron chi connectivity index (χ2n) is 9.40. The molecule has 5 rings (SSSR count). The van der Waals surface area contributed by atoms with Crippen molar-refractivity contribution in [2.75, 3.05) is 31.5 Å². The number of carbonyl (C=O) groups is 1.